The number of likely N-dealkylation sites (tertiary alicyclic amines) is 1. The molecule has 3 heterocycles. The molecule has 13 nitrogen and oxygen atoms in total. The first-order valence-corrected chi connectivity index (χ1v) is 19.4. The largest absolute Gasteiger partial charge is 0.494 e. The maximum absolute atomic E-state index is 13.6. The Morgan fingerprint density at radius 1 is 0.891 bits per heavy atom. The fourth-order valence-electron chi connectivity index (χ4n) is 6.40. The summed E-state index contributed by atoms with van der Waals surface area (Å²) in [4.78, 5) is 35.8. The molecular formula is C42H57N7O6. The van der Waals surface area contributed by atoms with E-state index in [1.54, 1.807) is 23.4 Å². The molecule has 5 rings (SSSR count). The number of amides is 2. The lowest BCUT2D eigenvalue weighted by Gasteiger charge is -2.41. The number of H-pyrrole nitrogens is 1. The maximum atomic E-state index is 13.6. The molecule has 1 atom stereocenters. The van der Waals surface area contributed by atoms with Crippen molar-refractivity contribution in [2.45, 2.75) is 90.3 Å². The number of aromatic amines is 1. The van der Waals surface area contributed by atoms with E-state index in [1.165, 1.54) is 0 Å². The van der Waals surface area contributed by atoms with Gasteiger partial charge in [0.2, 0.25) is 0 Å². The summed E-state index contributed by atoms with van der Waals surface area (Å²) in [5.41, 5.74) is 1.79. The molecule has 55 heavy (non-hydrogen) atoms. The number of nitrogens with zero attached hydrogens (tertiary/aromatic N) is 4. The molecule has 1 aliphatic heterocycles. The molecule has 1 saturated heterocycles. The summed E-state index contributed by atoms with van der Waals surface area (Å²) in [5.74, 6) is 1.85. The zero-order valence-electron chi connectivity index (χ0n) is 32.9. The highest BCUT2D eigenvalue weighted by molar-refractivity contribution is 5.95. The zero-order chi connectivity index (χ0) is 39.1. The molecule has 3 N–H and O–H groups in total. The Balaban J connectivity index is 1.19. The quantitative estimate of drug-likeness (QED) is 0.0813. The first-order valence-electron chi connectivity index (χ1n) is 19.4. The van der Waals surface area contributed by atoms with E-state index in [4.69, 9.17) is 18.9 Å². The summed E-state index contributed by atoms with van der Waals surface area (Å²) in [6, 6.07) is 18.8. The van der Waals surface area contributed by atoms with Gasteiger partial charge in [-0.05, 0) is 115 Å². The Kier molecular flexibility index (Phi) is 15.0. The van der Waals surface area contributed by atoms with E-state index in [9.17, 15) is 9.59 Å². The molecule has 0 saturated carbocycles. The summed E-state index contributed by atoms with van der Waals surface area (Å²) in [6.07, 6.45) is 8.31. The van der Waals surface area contributed by atoms with Crippen LogP contribution in [0.15, 0.2) is 73.1 Å². The van der Waals surface area contributed by atoms with Gasteiger partial charge in [0.1, 0.15) is 16.9 Å². The van der Waals surface area contributed by atoms with Crippen molar-refractivity contribution in [2.24, 2.45) is 0 Å². The van der Waals surface area contributed by atoms with Crippen molar-refractivity contribution in [2.75, 3.05) is 51.4 Å². The van der Waals surface area contributed by atoms with E-state index in [-0.39, 0.29) is 18.0 Å². The molecule has 2 aromatic heterocycles. The number of pyridine rings is 1. The van der Waals surface area contributed by atoms with Crippen LogP contribution >= 0.6 is 0 Å². The van der Waals surface area contributed by atoms with Gasteiger partial charge in [-0.2, -0.15) is 0 Å². The van der Waals surface area contributed by atoms with Crippen LogP contribution < -0.4 is 15.4 Å². The van der Waals surface area contributed by atoms with Gasteiger partial charge in [0.25, 0.3) is 5.91 Å². The smallest absolute Gasteiger partial charge is 0.410 e. The van der Waals surface area contributed by atoms with Gasteiger partial charge in [-0.25, -0.2) is 4.79 Å². The number of hydrogen-bond acceptors (Lipinski definition) is 10. The fraction of sp³-hybridized carbons (Fsp3) is 0.500. The van der Waals surface area contributed by atoms with Gasteiger partial charge in [0, 0.05) is 55.5 Å². The van der Waals surface area contributed by atoms with Gasteiger partial charge in [0.15, 0.2) is 11.6 Å². The number of aromatic nitrogens is 4. The molecule has 2 aromatic carbocycles. The van der Waals surface area contributed by atoms with Crippen molar-refractivity contribution >= 4 is 17.7 Å². The second-order valence-corrected chi connectivity index (χ2v) is 14.9. The van der Waals surface area contributed by atoms with E-state index < -0.39 is 11.1 Å². The van der Waals surface area contributed by atoms with Crippen LogP contribution in [0.1, 0.15) is 101 Å². The van der Waals surface area contributed by atoms with Crippen molar-refractivity contribution in [3.05, 3.63) is 90.0 Å². The van der Waals surface area contributed by atoms with Crippen LogP contribution in [0.4, 0.5) is 10.5 Å². The lowest BCUT2D eigenvalue weighted by Crippen LogP contribution is -2.50. The van der Waals surface area contributed by atoms with Crippen LogP contribution in [-0.4, -0.2) is 88.8 Å². The third-order valence-electron chi connectivity index (χ3n) is 9.40. The zero-order valence-corrected chi connectivity index (χ0v) is 32.9. The summed E-state index contributed by atoms with van der Waals surface area (Å²) in [6.45, 7) is 13.8. The predicted octanol–water partition coefficient (Wildman–Crippen LogP) is 7.69. The second kappa shape index (κ2) is 20.1. The van der Waals surface area contributed by atoms with Gasteiger partial charge in [-0.1, -0.05) is 24.6 Å². The van der Waals surface area contributed by atoms with E-state index in [2.05, 4.69) is 30.8 Å². The van der Waals surface area contributed by atoms with Gasteiger partial charge in [-0.3, -0.25) is 9.78 Å². The molecule has 13 heteroatoms. The standard InChI is InChI=1S/C42H57N7O6/c1-6-52-27-28-53-25-9-7-8-10-26-54-36-16-12-13-33(30-36)31(2)44-38(50)34-14-11-15-35(29-34)46-42(19-23-49(24-20-42)40(51)55-41(3,4)5)39-45-37(47-48-39)32-17-21-43-22-18-32/h11-18,21-22,29-31,46H,6-10,19-20,23-28H2,1-5H3,(H,44,50)(H,45,47,48)/t31-/m0/s1. The molecule has 0 unspecified atom stereocenters. The lowest BCUT2D eigenvalue weighted by molar-refractivity contribution is 0.0172. The minimum atomic E-state index is -0.697. The first kappa shape index (κ1) is 41.2. The summed E-state index contributed by atoms with van der Waals surface area (Å²) < 4.78 is 22.6. The number of carbonyl (C=O) groups is 2. The van der Waals surface area contributed by atoms with E-state index in [1.807, 2.05) is 89.2 Å². The molecule has 296 valence electrons. The third kappa shape index (κ3) is 12.5. The first-order chi connectivity index (χ1) is 26.5. The van der Waals surface area contributed by atoms with Crippen molar-refractivity contribution in [1.29, 1.82) is 0 Å². The van der Waals surface area contributed by atoms with E-state index in [0.717, 1.165) is 61.5 Å². The number of rotatable bonds is 19. The minimum Gasteiger partial charge on any atom is -0.494 e. The Labute approximate surface area is 324 Å². The average molecular weight is 756 g/mol. The lowest BCUT2D eigenvalue weighted by atomic mass is 9.86. The number of benzene rings is 2. The maximum Gasteiger partial charge on any atom is 0.410 e. The second-order valence-electron chi connectivity index (χ2n) is 14.9. The van der Waals surface area contributed by atoms with Crippen molar-refractivity contribution in [3.8, 4) is 17.1 Å². The molecular weight excluding hydrogens is 699 g/mol. The summed E-state index contributed by atoms with van der Waals surface area (Å²) in [7, 11) is 0. The van der Waals surface area contributed by atoms with Crippen LogP contribution in [0.25, 0.3) is 11.4 Å². The molecule has 4 aromatic rings. The highest BCUT2D eigenvalue weighted by Gasteiger charge is 2.41. The number of hydrogen-bond donors (Lipinski definition) is 3. The number of piperidine rings is 1. The van der Waals surface area contributed by atoms with Gasteiger partial charge in [-0.15, -0.1) is 10.2 Å². The molecule has 0 aliphatic carbocycles. The van der Waals surface area contributed by atoms with Crippen LogP contribution in [0.5, 0.6) is 5.75 Å². The Bertz CT molecular complexity index is 1790. The SMILES string of the molecule is CCOCCOCCCCCCOc1cccc([C@H](C)NC(=O)c2cccc(NC3(c4nnc(-c5ccncc5)[nH]4)CCN(C(=O)OC(C)(C)C)CC3)c2)c1. The normalized spacial score (nSPS) is 14.6. The van der Waals surface area contributed by atoms with Crippen molar-refractivity contribution in [1.82, 2.24) is 30.4 Å². The van der Waals surface area contributed by atoms with Gasteiger partial charge >= 0.3 is 6.09 Å². The molecule has 0 spiro atoms. The van der Waals surface area contributed by atoms with E-state index >= 15 is 0 Å². The van der Waals surface area contributed by atoms with Crippen LogP contribution in [0.3, 0.4) is 0 Å². The Morgan fingerprint density at radius 2 is 1.62 bits per heavy atom. The highest BCUT2D eigenvalue weighted by atomic mass is 16.6. The molecule has 0 radical (unpaired) electrons. The topological polar surface area (TPSA) is 153 Å². The monoisotopic (exact) mass is 755 g/mol. The number of unbranched alkanes of at least 4 members (excludes halogenated alkanes) is 3. The van der Waals surface area contributed by atoms with Gasteiger partial charge < -0.3 is 39.5 Å². The molecule has 2 amide bonds. The highest BCUT2D eigenvalue weighted by Crippen LogP contribution is 2.36. The van der Waals surface area contributed by atoms with Crippen molar-refractivity contribution < 1.29 is 28.5 Å². The Hall–Kier alpha value is -5.01. The minimum absolute atomic E-state index is 0.197. The van der Waals surface area contributed by atoms with Crippen LogP contribution in [0, 0.1) is 0 Å². The summed E-state index contributed by atoms with van der Waals surface area (Å²) in [5, 5.41) is 15.9. The molecule has 1 aliphatic rings. The van der Waals surface area contributed by atoms with Crippen LogP contribution in [-0.2, 0) is 19.7 Å². The number of ether oxygens (including phenoxy) is 4. The van der Waals surface area contributed by atoms with E-state index in [0.29, 0.717) is 63.0 Å². The van der Waals surface area contributed by atoms with Crippen LogP contribution in [0.2, 0.25) is 0 Å². The molecule has 0 bridgehead atoms. The number of carbonyl (C=O) groups excluding carboxylic acids is 2. The van der Waals surface area contributed by atoms with Crippen molar-refractivity contribution in [3.63, 3.8) is 0 Å². The number of nitrogens with one attached hydrogen (secondary N) is 3. The fourth-order valence-corrected chi connectivity index (χ4v) is 6.40. The average Bonchev–Trinajstić information content (AvgIpc) is 3.69. The van der Waals surface area contributed by atoms with Gasteiger partial charge in [0.05, 0.1) is 25.9 Å². The third-order valence-corrected chi connectivity index (χ3v) is 9.40. The summed E-state index contributed by atoms with van der Waals surface area (Å²) >= 11 is 0. The number of anilines is 1. The predicted molar refractivity (Wildman–Crippen MR) is 212 cm³/mol. The Morgan fingerprint density at radius 3 is 2.36 bits per heavy atom. The molecule has 1 fully saturated rings.